The first-order valence-electron chi connectivity index (χ1n) is 9.52. The summed E-state index contributed by atoms with van der Waals surface area (Å²) in [7, 11) is 0. The zero-order valence-electron chi connectivity index (χ0n) is 16.6. The third kappa shape index (κ3) is 4.89. The van der Waals surface area contributed by atoms with Gasteiger partial charge in [-0.1, -0.05) is 18.2 Å². The molecule has 0 unspecified atom stereocenters. The number of amides is 2. The average Bonchev–Trinajstić information content (AvgIpc) is 2.96. The lowest BCUT2D eigenvalue weighted by molar-refractivity contribution is -0.0401. The van der Waals surface area contributed by atoms with Crippen molar-refractivity contribution in [1.82, 2.24) is 5.06 Å². The molecular formula is C23H25FN2O2S. The molecule has 29 heavy (non-hydrogen) atoms. The zero-order valence-corrected chi connectivity index (χ0v) is 17.4. The molecule has 2 amide bonds. The number of thioether (sulfide) groups is 1. The topological polar surface area (TPSA) is 66.6 Å². The summed E-state index contributed by atoms with van der Waals surface area (Å²) >= 11 is 1.70. The fourth-order valence-corrected chi connectivity index (χ4v) is 4.02. The van der Waals surface area contributed by atoms with Crippen LogP contribution in [0.1, 0.15) is 42.9 Å². The van der Waals surface area contributed by atoms with Crippen molar-refractivity contribution in [3.8, 4) is 0 Å². The normalized spacial score (nSPS) is 14.4. The Bertz CT molecular complexity index is 967. The minimum atomic E-state index is -0.855. The minimum Gasteiger partial charge on any atom is -0.350 e. The highest BCUT2D eigenvalue weighted by atomic mass is 32.2. The van der Waals surface area contributed by atoms with Crippen LogP contribution in [0.4, 0.5) is 9.18 Å². The lowest BCUT2D eigenvalue weighted by Gasteiger charge is -2.12. The number of carbonyl (C=O) groups is 1. The van der Waals surface area contributed by atoms with Gasteiger partial charge < -0.3 is 5.73 Å². The average molecular weight is 413 g/mol. The number of rotatable bonds is 7. The van der Waals surface area contributed by atoms with Crippen LogP contribution in [-0.2, 0) is 0 Å². The van der Waals surface area contributed by atoms with Crippen molar-refractivity contribution < 1.29 is 14.4 Å². The number of hydroxylamine groups is 2. The fourth-order valence-electron chi connectivity index (χ4n) is 3.62. The number of hydrogen-bond donors (Lipinski definition) is 2. The largest absolute Gasteiger partial charge is 0.350 e. The van der Waals surface area contributed by atoms with Gasteiger partial charge in [0.1, 0.15) is 5.82 Å². The Labute approximate surface area is 174 Å². The molecule has 3 rings (SSSR count). The van der Waals surface area contributed by atoms with E-state index >= 15 is 0 Å². The summed E-state index contributed by atoms with van der Waals surface area (Å²) < 4.78 is 13.9. The van der Waals surface area contributed by atoms with E-state index < -0.39 is 6.03 Å². The van der Waals surface area contributed by atoms with Crippen LogP contribution in [0.2, 0.25) is 0 Å². The maximum atomic E-state index is 13.9. The number of hydrogen-bond acceptors (Lipinski definition) is 3. The van der Waals surface area contributed by atoms with Crippen LogP contribution in [0.15, 0.2) is 52.9 Å². The van der Waals surface area contributed by atoms with Crippen molar-refractivity contribution in [2.45, 2.75) is 31.1 Å². The number of allylic oxidation sites excluding steroid dienone is 3. The Hall–Kier alpha value is -2.57. The van der Waals surface area contributed by atoms with Crippen LogP contribution >= 0.6 is 11.8 Å². The Morgan fingerprint density at radius 1 is 1.17 bits per heavy atom. The minimum absolute atomic E-state index is 0.183. The molecule has 1 aliphatic rings. The number of nitrogens with two attached hydrogens (primary N) is 1. The van der Waals surface area contributed by atoms with E-state index in [1.165, 1.54) is 11.0 Å². The summed E-state index contributed by atoms with van der Waals surface area (Å²) in [4.78, 5) is 12.1. The van der Waals surface area contributed by atoms with Gasteiger partial charge in [0.2, 0.25) is 0 Å². The van der Waals surface area contributed by atoms with E-state index in [2.05, 4.69) is 37.3 Å². The van der Waals surface area contributed by atoms with Gasteiger partial charge in [-0.25, -0.2) is 14.2 Å². The summed E-state index contributed by atoms with van der Waals surface area (Å²) in [5, 5.41) is 9.92. The lowest BCUT2D eigenvalue weighted by Crippen LogP contribution is -2.33. The summed E-state index contributed by atoms with van der Waals surface area (Å²) in [6.07, 6.45) is 6.29. The first-order chi connectivity index (χ1) is 13.9. The van der Waals surface area contributed by atoms with Crippen molar-refractivity contribution >= 4 is 35.0 Å². The fraction of sp³-hybridized carbons (Fsp3) is 0.261. The summed E-state index contributed by atoms with van der Waals surface area (Å²) in [6.45, 7) is 2.25. The highest BCUT2D eigenvalue weighted by Crippen LogP contribution is 2.44. The van der Waals surface area contributed by atoms with Gasteiger partial charge in [0.15, 0.2) is 0 Å². The highest BCUT2D eigenvalue weighted by Gasteiger charge is 2.24. The van der Waals surface area contributed by atoms with Crippen molar-refractivity contribution in [3.05, 3.63) is 70.5 Å². The maximum absolute atomic E-state index is 13.9. The summed E-state index contributed by atoms with van der Waals surface area (Å²) in [6, 6.07) is 12.4. The van der Waals surface area contributed by atoms with Crippen LogP contribution in [-0.4, -0.2) is 29.1 Å². The standard InChI is InChI=1S/C23H25FN2O2S/c1-15-19(5-3-4-12-26(28)23(25)27)22-14-17(24)8-11-20(22)21(15)13-16-6-9-18(29-2)10-7-16/h6-11,13-14,28H,3-5,12H2,1-2H3,(H2,25,27). The zero-order chi connectivity index (χ0) is 21.0. The van der Waals surface area contributed by atoms with Crippen LogP contribution in [0, 0.1) is 5.82 Å². The number of benzene rings is 2. The van der Waals surface area contributed by atoms with Crippen molar-refractivity contribution in [2.24, 2.45) is 5.73 Å². The quantitative estimate of drug-likeness (QED) is 0.261. The number of halogens is 1. The third-order valence-electron chi connectivity index (χ3n) is 5.18. The van der Waals surface area contributed by atoms with E-state index in [0.29, 0.717) is 11.5 Å². The van der Waals surface area contributed by atoms with Gasteiger partial charge in [-0.2, -0.15) is 0 Å². The van der Waals surface area contributed by atoms with E-state index in [0.717, 1.165) is 46.3 Å². The van der Waals surface area contributed by atoms with Gasteiger partial charge in [0.05, 0.1) is 6.54 Å². The molecule has 4 nitrogen and oxygen atoms in total. The van der Waals surface area contributed by atoms with Crippen molar-refractivity contribution in [3.63, 3.8) is 0 Å². The van der Waals surface area contributed by atoms with Gasteiger partial charge in [0.25, 0.3) is 0 Å². The number of carbonyl (C=O) groups excluding carboxylic acids is 1. The van der Waals surface area contributed by atoms with Gasteiger partial charge in [-0.15, -0.1) is 11.8 Å². The first-order valence-corrected chi connectivity index (χ1v) is 10.7. The van der Waals surface area contributed by atoms with Crippen LogP contribution in [0.3, 0.4) is 0 Å². The Balaban J connectivity index is 1.85. The molecule has 0 radical (unpaired) electrons. The molecule has 2 aromatic carbocycles. The monoisotopic (exact) mass is 412 g/mol. The van der Waals surface area contributed by atoms with Crippen molar-refractivity contribution in [1.29, 1.82) is 0 Å². The second-order valence-electron chi connectivity index (χ2n) is 7.04. The predicted molar refractivity (Wildman–Crippen MR) is 117 cm³/mol. The highest BCUT2D eigenvalue weighted by molar-refractivity contribution is 7.98. The molecule has 0 aliphatic heterocycles. The molecule has 0 aromatic heterocycles. The molecule has 0 spiro atoms. The molecule has 0 saturated heterocycles. The molecule has 6 heteroatoms. The van der Waals surface area contributed by atoms with Gasteiger partial charge >= 0.3 is 6.03 Å². The SMILES string of the molecule is CSc1ccc(C=C2C(C)=C(CCCCN(O)C(N)=O)c3cc(F)ccc32)cc1. The van der Waals surface area contributed by atoms with Crippen LogP contribution in [0.5, 0.6) is 0 Å². The predicted octanol–water partition coefficient (Wildman–Crippen LogP) is 5.82. The number of nitrogens with zero attached hydrogens (tertiary/aromatic N) is 1. The smallest absolute Gasteiger partial charge is 0.338 e. The summed E-state index contributed by atoms with van der Waals surface area (Å²) in [5.41, 5.74) is 11.4. The van der Waals surface area contributed by atoms with E-state index in [1.807, 2.05) is 12.3 Å². The number of primary amides is 1. The second-order valence-corrected chi connectivity index (χ2v) is 7.92. The molecule has 1 aliphatic carbocycles. The summed E-state index contributed by atoms with van der Waals surface area (Å²) in [5.74, 6) is -0.255. The molecular weight excluding hydrogens is 387 g/mol. The number of urea groups is 1. The number of fused-ring (bicyclic) bond motifs is 1. The molecule has 3 N–H and O–H groups in total. The molecule has 0 heterocycles. The van der Waals surface area contributed by atoms with E-state index in [-0.39, 0.29) is 12.4 Å². The lowest BCUT2D eigenvalue weighted by atomic mass is 10.00. The first kappa shape index (κ1) is 21.1. The second kappa shape index (κ2) is 9.29. The third-order valence-corrected chi connectivity index (χ3v) is 5.93. The molecule has 2 aromatic rings. The van der Waals surface area contributed by atoms with E-state index in [1.54, 1.807) is 17.8 Å². The molecule has 152 valence electrons. The van der Waals surface area contributed by atoms with Crippen molar-refractivity contribution in [2.75, 3.05) is 12.8 Å². The molecule has 0 saturated carbocycles. The van der Waals surface area contributed by atoms with Crippen LogP contribution < -0.4 is 5.73 Å². The van der Waals surface area contributed by atoms with Gasteiger partial charge in [-0.05, 0) is 96.2 Å². The van der Waals surface area contributed by atoms with Crippen LogP contribution in [0.25, 0.3) is 17.2 Å². The maximum Gasteiger partial charge on any atom is 0.338 e. The Morgan fingerprint density at radius 3 is 2.55 bits per heavy atom. The molecule has 0 fully saturated rings. The van der Waals surface area contributed by atoms with E-state index in [4.69, 9.17) is 5.73 Å². The number of unbranched alkanes of at least 4 members (excludes halogenated alkanes) is 1. The molecule has 0 atom stereocenters. The van der Waals surface area contributed by atoms with E-state index in [9.17, 15) is 14.4 Å². The molecule has 0 bridgehead atoms. The van der Waals surface area contributed by atoms with Gasteiger partial charge in [0, 0.05) is 4.90 Å². The Kier molecular flexibility index (Phi) is 6.77. The van der Waals surface area contributed by atoms with Gasteiger partial charge in [-0.3, -0.25) is 5.21 Å². The Morgan fingerprint density at radius 2 is 1.90 bits per heavy atom.